The molecule has 1 heterocycles. The number of ether oxygens (including phenoxy) is 1. The lowest BCUT2D eigenvalue weighted by molar-refractivity contribution is 0.0451. The minimum atomic E-state index is 0.366. The van der Waals surface area contributed by atoms with E-state index in [1.807, 2.05) is 0 Å². The Kier molecular flexibility index (Phi) is 7.01. The van der Waals surface area contributed by atoms with Crippen molar-refractivity contribution in [1.82, 2.24) is 10.2 Å². The third-order valence-electron chi connectivity index (χ3n) is 3.17. The van der Waals surface area contributed by atoms with Gasteiger partial charge < -0.3 is 10.1 Å². The summed E-state index contributed by atoms with van der Waals surface area (Å²) in [6.07, 6.45) is 4.19. The first-order chi connectivity index (χ1) is 7.76. The fourth-order valence-electron chi connectivity index (χ4n) is 2.48. The van der Waals surface area contributed by atoms with E-state index in [0.29, 0.717) is 12.1 Å². The van der Waals surface area contributed by atoms with Crippen molar-refractivity contribution in [3.8, 4) is 0 Å². The van der Waals surface area contributed by atoms with E-state index in [4.69, 9.17) is 4.74 Å². The summed E-state index contributed by atoms with van der Waals surface area (Å²) in [6.45, 7) is 12.0. The maximum Gasteiger partial charge on any atom is 0.0673 e. The molecule has 1 aliphatic rings. The number of hydrogen-bond acceptors (Lipinski definition) is 3. The van der Waals surface area contributed by atoms with Crippen LogP contribution in [-0.4, -0.2) is 49.8 Å². The van der Waals surface area contributed by atoms with Gasteiger partial charge in [0.1, 0.15) is 0 Å². The minimum absolute atomic E-state index is 0.366. The van der Waals surface area contributed by atoms with Gasteiger partial charge in [-0.05, 0) is 39.8 Å². The molecular formula is C13H28N2O. The number of hydrogen-bond donors (Lipinski definition) is 1. The van der Waals surface area contributed by atoms with Crippen molar-refractivity contribution in [2.24, 2.45) is 0 Å². The fraction of sp³-hybridized carbons (Fsp3) is 1.00. The molecule has 3 nitrogen and oxygen atoms in total. The van der Waals surface area contributed by atoms with Gasteiger partial charge in [0, 0.05) is 25.7 Å². The van der Waals surface area contributed by atoms with Crippen molar-refractivity contribution in [3.63, 3.8) is 0 Å². The molecule has 0 radical (unpaired) electrons. The normalized spacial score (nSPS) is 25.3. The quantitative estimate of drug-likeness (QED) is 0.751. The Hall–Kier alpha value is -0.120. The Balaban J connectivity index is 2.33. The van der Waals surface area contributed by atoms with Gasteiger partial charge in [0.25, 0.3) is 0 Å². The van der Waals surface area contributed by atoms with E-state index in [-0.39, 0.29) is 0 Å². The third-order valence-corrected chi connectivity index (χ3v) is 3.17. The molecule has 0 aromatic carbocycles. The van der Waals surface area contributed by atoms with Gasteiger partial charge in [0.05, 0.1) is 6.10 Å². The SMILES string of the molecule is CCCC1CN(CC(C)OCC)CCCN1. The number of rotatable bonds is 6. The molecule has 0 aromatic heterocycles. The van der Waals surface area contributed by atoms with E-state index in [9.17, 15) is 0 Å². The molecule has 3 heteroatoms. The van der Waals surface area contributed by atoms with Gasteiger partial charge in [-0.2, -0.15) is 0 Å². The Morgan fingerprint density at radius 1 is 1.44 bits per heavy atom. The molecule has 0 saturated carbocycles. The highest BCUT2D eigenvalue weighted by Gasteiger charge is 2.18. The van der Waals surface area contributed by atoms with Crippen LogP contribution in [0.5, 0.6) is 0 Å². The molecule has 0 aromatic rings. The van der Waals surface area contributed by atoms with E-state index in [1.165, 1.54) is 38.9 Å². The molecule has 1 N–H and O–H groups in total. The zero-order valence-electron chi connectivity index (χ0n) is 11.2. The van der Waals surface area contributed by atoms with Gasteiger partial charge in [-0.15, -0.1) is 0 Å². The van der Waals surface area contributed by atoms with Gasteiger partial charge in [0.2, 0.25) is 0 Å². The summed E-state index contributed by atoms with van der Waals surface area (Å²) in [5, 5.41) is 3.64. The molecule has 1 saturated heterocycles. The van der Waals surface area contributed by atoms with Crippen molar-refractivity contribution in [3.05, 3.63) is 0 Å². The van der Waals surface area contributed by atoms with Crippen molar-refractivity contribution in [2.75, 3.05) is 32.8 Å². The monoisotopic (exact) mass is 228 g/mol. The molecule has 1 fully saturated rings. The highest BCUT2D eigenvalue weighted by molar-refractivity contribution is 4.77. The van der Waals surface area contributed by atoms with Crippen LogP contribution < -0.4 is 5.32 Å². The summed E-state index contributed by atoms with van der Waals surface area (Å²) >= 11 is 0. The van der Waals surface area contributed by atoms with Crippen molar-refractivity contribution in [2.45, 2.75) is 52.2 Å². The molecule has 1 rings (SSSR count). The van der Waals surface area contributed by atoms with Crippen molar-refractivity contribution >= 4 is 0 Å². The molecule has 2 atom stereocenters. The zero-order valence-corrected chi connectivity index (χ0v) is 11.2. The van der Waals surface area contributed by atoms with Crippen LogP contribution >= 0.6 is 0 Å². The third kappa shape index (κ3) is 5.28. The first-order valence-electron chi connectivity index (χ1n) is 6.83. The molecule has 2 unspecified atom stereocenters. The number of nitrogens with one attached hydrogen (secondary N) is 1. The van der Waals surface area contributed by atoms with Gasteiger partial charge in [-0.3, -0.25) is 4.90 Å². The van der Waals surface area contributed by atoms with E-state index in [1.54, 1.807) is 0 Å². The maximum absolute atomic E-state index is 5.62. The molecule has 0 amide bonds. The van der Waals surface area contributed by atoms with E-state index >= 15 is 0 Å². The summed E-state index contributed by atoms with van der Waals surface area (Å²) in [5.74, 6) is 0. The molecule has 96 valence electrons. The standard InChI is InChI=1S/C13H28N2O/c1-4-7-13-11-15(9-6-8-14-13)10-12(3)16-5-2/h12-14H,4-11H2,1-3H3. The van der Waals surface area contributed by atoms with Gasteiger partial charge in [-0.25, -0.2) is 0 Å². The van der Waals surface area contributed by atoms with Crippen LogP contribution in [0, 0.1) is 0 Å². The topological polar surface area (TPSA) is 24.5 Å². The van der Waals surface area contributed by atoms with Crippen LogP contribution in [0.3, 0.4) is 0 Å². The summed E-state index contributed by atoms with van der Waals surface area (Å²) < 4.78 is 5.62. The first-order valence-corrected chi connectivity index (χ1v) is 6.83. The Morgan fingerprint density at radius 2 is 2.25 bits per heavy atom. The van der Waals surface area contributed by atoms with Crippen molar-refractivity contribution in [1.29, 1.82) is 0 Å². The second-order valence-corrected chi connectivity index (χ2v) is 4.82. The Labute approximate surface area is 101 Å². The number of nitrogens with zero attached hydrogens (tertiary/aromatic N) is 1. The molecule has 0 bridgehead atoms. The summed E-state index contributed by atoms with van der Waals surface area (Å²) in [6, 6.07) is 0.682. The Morgan fingerprint density at radius 3 is 2.94 bits per heavy atom. The largest absolute Gasteiger partial charge is 0.377 e. The lowest BCUT2D eigenvalue weighted by Crippen LogP contribution is -2.40. The van der Waals surface area contributed by atoms with Crippen LogP contribution in [0.4, 0.5) is 0 Å². The summed E-state index contributed by atoms with van der Waals surface area (Å²) in [4.78, 5) is 2.56. The lowest BCUT2D eigenvalue weighted by Gasteiger charge is -2.26. The lowest BCUT2D eigenvalue weighted by atomic mass is 10.1. The smallest absolute Gasteiger partial charge is 0.0673 e. The van der Waals surface area contributed by atoms with Gasteiger partial charge >= 0.3 is 0 Å². The Bertz CT molecular complexity index is 175. The van der Waals surface area contributed by atoms with Crippen LogP contribution in [0.15, 0.2) is 0 Å². The van der Waals surface area contributed by atoms with Crippen LogP contribution in [0.25, 0.3) is 0 Å². The average Bonchev–Trinajstić information content (AvgIpc) is 2.44. The second-order valence-electron chi connectivity index (χ2n) is 4.82. The predicted molar refractivity (Wildman–Crippen MR) is 68.8 cm³/mol. The zero-order chi connectivity index (χ0) is 11.8. The van der Waals surface area contributed by atoms with Crippen LogP contribution in [0.2, 0.25) is 0 Å². The average molecular weight is 228 g/mol. The fourth-order valence-corrected chi connectivity index (χ4v) is 2.48. The highest BCUT2D eigenvalue weighted by atomic mass is 16.5. The predicted octanol–water partition coefficient (Wildman–Crippen LogP) is 1.88. The van der Waals surface area contributed by atoms with Gasteiger partial charge in [0.15, 0.2) is 0 Å². The van der Waals surface area contributed by atoms with Crippen LogP contribution in [-0.2, 0) is 4.74 Å². The van der Waals surface area contributed by atoms with Crippen LogP contribution in [0.1, 0.15) is 40.0 Å². The van der Waals surface area contributed by atoms with Gasteiger partial charge in [-0.1, -0.05) is 13.3 Å². The molecule has 1 aliphatic heterocycles. The minimum Gasteiger partial charge on any atom is -0.377 e. The second kappa shape index (κ2) is 8.04. The van der Waals surface area contributed by atoms with E-state index < -0.39 is 0 Å². The molecular weight excluding hydrogens is 200 g/mol. The maximum atomic E-state index is 5.62. The van der Waals surface area contributed by atoms with E-state index in [2.05, 4.69) is 31.0 Å². The van der Waals surface area contributed by atoms with Crippen molar-refractivity contribution < 1.29 is 4.74 Å². The summed E-state index contributed by atoms with van der Waals surface area (Å²) in [7, 11) is 0. The highest BCUT2D eigenvalue weighted by Crippen LogP contribution is 2.07. The first kappa shape index (κ1) is 13.9. The molecule has 16 heavy (non-hydrogen) atoms. The molecule has 0 aliphatic carbocycles. The molecule has 0 spiro atoms. The summed E-state index contributed by atoms with van der Waals surface area (Å²) in [5.41, 5.74) is 0. The van der Waals surface area contributed by atoms with E-state index in [0.717, 1.165) is 13.2 Å².